The van der Waals surface area contributed by atoms with Crippen molar-refractivity contribution < 1.29 is 9.90 Å². The van der Waals surface area contributed by atoms with Gasteiger partial charge in [-0.3, -0.25) is 14.4 Å². The molecule has 11 heteroatoms. The van der Waals surface area contributed by atoms with Crippen molar-refractivity contribution in [2.75, 3.05) is 45.1 Å². The van der Waals surface area contributed by atoms with Crippen LogP contribution in [0.25, 0.3) is 22.2 Å². The number of nitrogens with one attached hydrogen (secondary N) is 3. The smallest absolute Gasteiger partial charge is 0.255 e. The second-order valence-corrected chi connectivity index (χ2v) is 11.2. The third-order valence-corrected chi connectivity index (χ3v) is 8.15. The number of aromatic amines is 1. The summed E-state index contributed by atoms with van der Waals surface area (Å²) in [6, 6.07) is 15.0. The van der Waals surface area contributed by atoms with Crippen LogP contribution in [0.5, 0.6) is 5.75 Å². The highest BCUT2D eigenvalue weighted by atomic mass is 16.3. The summed E-state index contributed by atoms with van der Waals surface area (Å²) < 4.78 is 1.76. The fraction of sp³-hybridized carbons (Fsp3) is 0.312. The number of amides is 1. The van der Waals surface area contributed by atoms with E-state index in [1.807, 2.05) is 32.4 Å². The highest BCUT2D eigenvalue weighted by Gasteiger charge is 2.25. The summed E-state index contributed by atoms with van der Waals surface area (Å²) in [6.45, 7) is 6.21. The lowest BCUT2D eigenvalue weighted by molar-refractivity contribution is 0.0884. The number of aryl methyl sites for hydroxylation is 2. The number of anilines is 2. The van der Waals surface area contributed by atoms with E-state index in [1.165, 1.54) is 11.6 Å². The van der Waals surface area contributed by atoms with E-state index in [2.05, 4.69) is 60.7 Å². The Kier molecular flexibility index (Phi) is 8.08. The molecule has 6 rings (SSSR count). The third-order valence-electron chi connectivity index (χ3n) is 8.15. The van der Waals surface area contributed by atoms with Crippen LogP contribution in [-0.2, 0) is 13.5 Å². The van der Waals surface area contributed by atoms with Crippen LogP contribution in [0.3, 0.4) is 0 Å². The number of H-pyrrole nitrogens is 1. The Hall–Kier alpha value is -4.74. The molecule has 2 aromatic carbocycles. The molecular weight excluding hydrogens is 542 g/mol. The van der Waals surface area contributed by atoms with Crippen LogP contribution in [0.1, 0.15) is 21.6 Å². The van der Waals surface area contributed by atoms with Gasteiger partial charge in [0.15, 0.2) is 0 Å². The van der Waals surface area contributed by atoms with Crippen LogP contribution < -0.4 is 10.6 Å². The van der Waals surface area contributed by atoms with Crippen LogP contribution in [-0.4, -0.2) is 91.4 Å². The minimum atomic E-state index is -0.271. The van der Waals surface area contributed by atoms with Crippen LogP contribution in [0, 0.1) is 6.92 Å². The standard InChI is InChI=1S/C32H37N9O2/c1-21-28(20-40(3)38-21)37-32-33-12-11-27(36-32)26-19-34-30-22(7-6-9-24(26)30)17-23(41-15-13-39(2)14-16-41)18-35-31(43)25-8-4-5-10-29(25)42/h4-12,19-20,23,34,42H,13-18H2,1-3H3,(H,35,43)(H,33,36,37)/t23-/m1/s1. The topological polar surface area (TPSA) is 127 Å². The molecule has 4 N–H and O–H groups in total. The van der Waals surface area contributed by atoms with Crippen molar-refractivity contribution in [2.45, 2.75) is 19.4 Å². The summed E-state index contributed by atoms with van der Waals surface area (Å²) >= 11 is 0. The van der Waals surface area contributed by atoms with Gasteiger partial charge in [-0.15, -0.1) is 0 Å². The van der Waals surface area contributed by atoms with E-state index >= 15 is 0 Å². The van der Waals surface area contributed by atoms with Crippen LogP contribution in [0.15, 0.2) is 67.1 Å². The Morgan fingerprint density at radius 1 is 1.07 bits per heavy atom. The highest BCUT2D eigenvalue weighted by Crippen LogP contribution is 2.31. The Labute approximate surface area is 250 Å². The summed E-state index contributed by atoms with van der Waals surface area (Å²) in [5.74, 6) is 0.222. The molecule has 0 unspecified atom stereocenters. The molecule has 43 heavy (non-hydrogen) atoms. The fourth-order valence-corrected chi connectivity index (χ4v) is 5.75. The maximum atomic E-state index is 13.0. The quantitative estimate of drug-likeness (QED) is 0.208. The summed E-state index contributed by atoms with van der Waals surface area (Å²) in [4.78, 5) is 30.5. The van der Waals surface area contributed by atoms with E-state index in [1.54, 1.807) is 29.1 Å². The average Bonchev–Trinajstić information content (AvgIpc) is 3.58. The number of aromatic nitrogens is 5. The molecule has 1 atom stereocenters. The molecule has 1 saturated heterocycles. The lowest BCUT2D eigenvalue weighted by atomic mass is 9.99. The normalized spacial score (nSPS) is 15.0. The van der Waals surface area contributed by atoms with Crippen molar-refractivity contribution in [3.63, 3.8) is 0 Å². The van der Waals surface area contributed by atoms with E-state index in [4.69, 9.17) is 4.98 Å². The summed E-state index contributed by atoms with van der Waals surface area (Å²) in [6.07, 6.45) is 6.42. The molecule has 0 spiro atoms. The molecule has 0 bridgehead atoms. The van der Waals surface area contributed by atoms with Crippen molar-refractivity contribution in [2.24, 2.45) is 7.05 Å². The zero-order valence-corrected chi connectivity index (χ0v) is 24.7. The van der Waals surface area contributed by atoms with Gasteiger partial charge in [0.2, 0.25) is 5.95 Å². The van der Waals surface area contributed by atoms with Gasteiger partial charge in [0.25, 0.3) is 5.91 Å². The van der Waals surface area contributed by atoms with Crippen LogP contribution >= 0.6 is 0 Å². The molecule has 1 aliphatic heterocycles. The van der Waals surface area contributed by atoms with Gasteiger partial charge in [-0.1, -0.05) is 30.3 Å². The number of fused-ring (bicyclic) bond motifs is 1. The Bertz CT molecular complexity index is 1740. The number of carbonyl (C=O) groups excluding carboxylic acids is 1. The van der Waals surface area contributed by atoms with Gasteiger partial charge in [0.05, 0.1) is 22.6 Å². The van der Waals surface area contributed by atoms with Gasteiger partial charge >= 0.3 is 0 Å². The van der Waals surface area contributed by atoms with Crippen LogP contribution in [0.4, 0.5) is 11.6 Å². The molecule has 11 nitrogen and oxygen atoms in total. The number of piperazine rings is 1. The van der Waals surface area contributed by atoms with E-state index < -0.39 is 0 Å². The second-order valence-electron chi connectivity index (χ2n) is 11.2. The van der Waals surface area contributed by atoms with E-state index in [-0.39, 0.29) is 23.3 Å². The summed E-state index contributed by atoms with van der Waals surface area (Å²) in [5, 5.41) is 22.0. The van der Waals surface area contributed by atoms with Crippen molar-refractivity contribution in [1.29, 1.82) is 0 Å². The van der Waals surface area contributed by atoms with E-state index in [0.29, 0.717) is 12.5 Å². The van der Waals surface area contributed by atoms with Gasteiger partial charge in [-0.05, 0) is 44.2 Å². The van der Waals surface area contributed by atoms with Crippen molar-refractivity contribution in [3.8, 4) is 17.0 Å². The minimum absolute atomic E-state index is 0.0153. The number of aromatic hydroxyl groups is 1. The molecule has 4 heterocycles. The van der Waals surface area contributed by atoms with Gasteiger partial charge in [-0.25, -0.2) is 9.97 Å². The second kappa shape index (κ2) is 12.2. The lowest BCUT2D eigenvalue weighted by Crippen LogP contribution is -2.53. The zero-order chi connectivity index (χ0) is 29.9. The van der Waals surface area contributed by atoms with Crippen LogP contribution in [0.2, 0.25) is 0 Å². The van der Waals surface area contributed by atoms with E-state index in [0.717, 1.165) is 66.1 Å². The predicted molar refractivity (Wildman–Crippen MR) is 168 cm³/mol. The van der Waals surface area contributed by atoms with Crippen molar-refractivity contribution >= 4 is 28.4 Å². The predicted octanol–water partition coefficient (Wildman–Crippen LogP) is 3.70. The maximum absolute atomic E-state index is 13.0. The first-order chi connectivity index (χ1) is 20.9. The molecule has 1 amide bonds. The summed E-state index contributed by atoms with van der Waals surface area (Å²) in [5.41, 5.74) is 6.06. The van der Waals surface area contributed by atoms with Crippen molar-refractivity contribution in [3.05, 3.63) is 83.9 Å². The Balaban J connectivity index is 1.25. The number of rotatable bonds is 9. The highest BCUT2D eigenvalue weighted by molar-refractivity contribution is 5.97. The molecule has 5 aromatic rings. The molecule has 3 aromatic heterocycles. The molecule has 0 radical (unpaired) electrons. The van der Waals surface area contributed by atoms with Crippen molar-refractivity contribution in [1.82, 2.24) is 39.8 Å². The number of phenolic OH excluding ortho intramolecular Hbond substituents is 1. The first kappa shape index (κ1) is 28.4. The number of carbonyl (C=O) groups is 1. The fourth-order valence-electron chi connectivity index (χ4n) is 5.75. The molecule has 222 valence electrons. The largest absolute Gasteiger partial charge is 0.507 e. The molecule has 0 saturated carbocycles. The number of benzene rings is 2. The zero-order valence-electron chi connectivity index (χ0n) is 24.7. The van der Waals surface area contributed by atoms with Gasteiger partial charge in [0.1, 0.15) is 5.75 Å². The Morgan fingerprint density at radius 3 is 2.65 bits per heavy atom. The SMILES string of the molecule is Cc1nn(C)cc1Nc1nccc(-c2c[nH]c3c(C[C@H](CNC(=O)c4ccccc4O)N4CCN(C)CC4)cccc23)n1. The van der Waals surface area contributed by atoms with Gasteiger partial charge in [0, 0.05) is 80.9 Å². The number of hydrogen-bond acceptors (Lipinski definition) is 8. The number of likely N-dealkylation sites (N-methyl/N-ethyl adjacent to an activating group) is 1. The molecule has 1 aliphatic rings. The minimum Gasteiger partial charge on any atom is -0.507 e. The Morgan fingerprint density at radius 2 is 1.88 bits per heavy atom. The first-order valence-electron chi connectivity index (χ1n) is 14.5. The van der Waals surface area contributed by atoms with E-state index in [9.17, 15) is 9.90 Å². The third kappa shape index (κ3) is 6.23. The number of nitrogens with zero attached hydrogens (tertiary/aromatic N) is 6. The maximum Gasteiger partial charge on any atom is 0.255 e. The first-order valence-corrected chi connectivity index (χ1v) is 14.5. The molecule has 0 aliphatic carbocycles. The molecular formula is C32H37N9O2. The van der Waals surface area contributed by atoms with Gasteiger partial charge < -0.3 is 25.6 Å². The monoisotopic (exact) mass is 579 g/mol. The lowest BCUT2D eigenvalue weighted by Gasteiger charge is -2.38. The number of hydrogen-bond donors (Lipinski definition) is 4. The summed E-state index contributed by atoms with van der Waals surface area (Å²) in [7, 11) is 4.02. The van der Waals surface area contributed by atoms with Gasteiger partial charge in [-0.2, -0.15) is 5.10 Å². The molecule has 1 fully saturated rings. The number of phenols is 1. The number of para-hydroxylation sites is 2. The average molecular weight is 580 g/mol.